The van der Waals surface area contributed by atoms with Crippen LogP contribution >= 0.6 is 0 Å². The van der Waals surface area contributed by atoms with E-state index in [0.29, 0.717) is 0 Å². The van der Waals surface area contributed by atoms with E-state index in [4.69, 9.17) is 5.11 Å². The molecule has 0 spiro atoms. The van der Waals surface area contributed by atoms with Gasteiger partial charge in [0.2, 0.25) is 5.91 Å². The lowest BCUT2D eigenvalue weighted by atomic mass is 10.1. The van der Waals surface area contributed by atoms with Crippen LogP contribution in [-0.2, 0) is 11.2 Å². The van der Waals surface area contributed by atoms with Gasteiger partial charge in [0.15, 0.2) is 0 Å². The van der Waals surface area contributed by atoms with Crippen LogP contribution in [0.4, 0.5) is 4.39 Å². The lowest BCUT2D eigenvalue weighted by Crippen LogP contribution is -2.36. The molecule has 4 nitrogen and oxygen atoms in total. The van der Waals surface area contributed by atoms with Crippen LogP contribution in [0.3, 0.4) is 0 Å². The predicted molar refractivity (Wildman–Crippen MR) is 71.4 cm³/mol. The summed E-state index contributed by atoms with van der Waals surface area (Å²) in [4.78, 5) is 15.0. The Hall–Kier alpha value is -1.88. The van der Waals surface area contributed by atoms with Crippen molar-refractivity contribution in [3.63, 3.8) is 0 Å². The maximum absolute atomic E-state index is 13.3. The fourth-order valence-electron chi connectivity index (χ4n) is 2.11. The first-order chi connectivity index (χ1) is 9.01. The van der Waals surface area contributed by atoms with E-state index in [1.54, 1.807) is 13.0 Å². The van der Waals surface area contributed by atoms with Gasteiger partial charge in [-0.3, -0.25) is 4.79 Å². The monoisotopic (exact) mass is 264 g/mol. The summed E-state index contributed by atoms with van der Waals surface area (Å²) in [6.07, 6.45) is 0.166. The van der Waals surface area contributed by atoms with E-state index in [1.807, 2.05) is 6.92 Å². The van der Waals surface area contributed by atoms with Crippen molar-refractivity contribution >= 4 is 16.8 Å². The minimum Gasteiger partial charge on any atom is -0.394 e. The molecule has 1 aromatic heterocycles. The first-order valence-corrected chi connectivity index (χ1v) is 6.18. The molecule has 19 heavy (non-hydrogen) atoms. The number of aliphatic hydroxyl groups excluding tert-OH is 1. The van der Waals surface area contributed by atoms with Gasteiger partial charge in [-0.25, -0.2) is 4.39 Å². The molecular formula is C14H17FN2O2. The maximum Gasteiger partial charge on any atom is 0.224 e. The van der Waals surface area contributed by atoms with E-state index >= 15 is 0 Å². The molecule has 2 aromatic rings. The molecule has 2 rings (SSSR count). The molecule has 102 valence electrons. The number of nitrogens with one attached hydrogen (secondary N) is 2. The summed E-state index contributed by atoms with van der Waals surface area (Å²) in [5.41, 5.74) is 2.46. The molecule has 0 aliphatic heterocycles. The van der Waals surface area contributed by atoms with Crippen LogP contribution < -0.4 is 5.32 Å². The average molecular weight is 264 g/mol. The Morgan fingerprint density at radius 1 is 1.53 bits per heavy atom. The number of aryl methyl sites for hydroxylation is 1. The van der Waals surface area contributed by atoms with Crippen molar-refractivity contribution in [2.75, 3.05) is 6.61 Å². The first-order valence-electron chi connectivity index (χ1n) is 6.18. The number of rotatable bonds is 4. The molecule has 0 aliphatic rings. The molecule has 1 unspecified atom stereocenters. The Balaban J connectivity index is 2.27. The largest absolute Gasteiger partial charge is 0.394 e. The summed E-state index contributed by atoms with van der Waals surface area (Å²) in [6, 6.07) is 4.19. The summed E-state index contributed by atoms with van der Waals surface area (Å²) in [5, 5.41) is 12.3. The Labute approximate surface area is 110 Å². The highest BCUT2D eigenvalue weighted by Crippen LogP contribution is 2.23. The normalized spacial score (nSPS) is 12.6. The molecule has 1 atom stereocenters. The van der Waals surface area contributed by atoms with Crippen LogP contribution in [-0.4, -0.2) is 28.6 Å². The van der Waals surface area contributed by atoms with E-state index in [9.17, 15) is 9.18 Å². The van der Waals surface area contributed by atoms with Gasteiger partial charge in [-0.1, -0.05) is 0 Å². The maximum atomic E-state index is 13.3. The SMILES string of the molecule is Cc1[nH]c2ccc(F)cc2c1CC(=O)NC(C)CO. The number of aromatic nitrogens is 1. The van der Waals surface area contributed by atoms with Crippen molar-refractivity contribution in [3.8, 4) is 0 Å². The van der Waals surface area contributed by atoms with Crippen molar-refractivity contribution in [2.45, 2.75) is 26.3 Å². The highest BCUT2D eigenvalue weighted by Gasteiger charge is 2.14. The van der Waals surface area contributed by atoms with Gasteiger partial charge in [-0.2, -0.15) is 0 Å². The zero-order valence-corrected chi connectivity index (χ0v) is 11.0. The Morgan fingerprint density at radius 3 is 2.95 bits per heavy atom. The van der Waals surface area contributed by atoms with E-state index in [2.05, 4.69) is 10.3 Å². The van der Waals surface area contributed by atoms with E-state index in [0.717, 1.165) is 22.2 Å². The third-order valence-electron chi connectivity index (χ3n) is 3.10. The van der Waals surface area contributed by atoms with E-state index in [-0.39, 0.29) is 30.8 Å². The van der Waals surface area contributed by atoms with Crippen molar-refractivity contribution in [1.82, 2.24) is 10.3 Å². The summed E-state index contributed by atoms with van der Waals surface area (Å²) in [6.45, 7) is 3.48. The van der Waals surface area contributed by atoms with Crippen LogP contribution in [0.1, 0.15) is 18.2 Å². The number of aliphatic hydroxyl groups is 1. The highest BCUT2D eigenvalue weighted by atomic mass is 19.1. The van der Waals surface area contributed by atoms with Gasteiger partial charge in [-0.15, -0.1) is 0 Å². The molecule has 0 bridgehead atoms. The van der Waals surface area contributed by atoms with Crippen LogP contribution in [0.2, 0.25) is 0 Å². The Morgan fingerprint density at radius 2 is 2.26 bits per heavy atom. The summed E-state index contributed by atoms with van der Waals surface area (Å²) >= 11 is 0. The third kappa shape index (κ3) is 2.93. The first kappa shape index (κ1) is 13.5. The molecule has 1 amide bonds. The van der Waals surface area contributed by atoms with Gasteiger partial charge in [0, 0.05) is 22.6 Å². The summed E-state index contributed by atoms with van der Waals surface area (Å²) in [7, 11) is 0. The number of H-pyrrole nitrogens is 1. The number of halogens is 1. The Kier molecular flexibility index (Phi) is 3.85. The van der Waals surface area contributed by atoms with E-state index < -0.39 is 0 Å². The van der Waals surface area contributed by atoms with Crippen LogP contribution in [0, 0.1) is 12.7 Å². The zero-order valence-electron chi connectivity index (χ0n) is 11.0. The number of benzene rings is 1. The number of hydrogen-bond acceptors (Lipinski definition) is 2. The molecule has 5 heteroatoms. The van der Waals surface area contributed by atoms with Crippen LogP contribution in [0.5, 0.6) is 0 Å². The number of amides is 1. The predicted octanol–water partition coefficient (Wildman–Crippen LogP) is 1.65. The second-order valence-electron chi connectivity index (χ2n) is 4.75. The molecule has 3 N–H and O–H groups in total. The second-order valence-corrected chi connectivity index (χ2v) is 4.75. The van der Waals surface area contributed by atoms with Gasteiger partial charge in [0.05, 0.1) is 13.0 Å². The third-order valence-corrected chi connectivity index (χ3v) is 3.10. The van der Waals surface area contributed by atoms with Crippen molar-refractivity contribution in [2.24, 2.45) is 0 Å². The van der Waals surface area contributed by atoms with Crippen LogP contribution in [0.15, 0.2) is 18.2 Å². The zero-order chi connectivity index (χ0) is 14.0. The molecule has 0 radical (unpaired) electrons. The summed E-state index contributed by atoms with van der Waals surface area (Å²) < 4.78 is 13.3. The lowest BCUT2D eigenvalue weighted by molar-refractivity contribution is -0.121. The van der Waals surface area contributed by atoms with Gasteiger partial charge >= 0.3 is 0 Å². The number of carbonyl (C=O) groups excluding carboxylic acids is 1. The number of fused-ring (bicyclic) bond motifs is 1. The smallest absolute Gasteiger partial charge is 0.224 e. The minimum atomic E-state index is -0.322. The second kappa shape index (κ2) is 5.40. The standard InChI is InChI=1S/C14H17FN2O2/c1-8(7-18)16-14(19)6-11-9(2)17-13-4-3-10(15)5-12(11)13/h3-5,8,17-18H,6-7H2,1-2H3,(H,16,19). The lowest BCUT2D eigenvalue weighted by Gasteiger charge is -2.10. The fourth-order valence-corrected chi connectivity index (χ4v) is 2.11. The topological polar surface area (TPSA) is 65.1 Å². The molecule has 0 saturated carbocycles. The van der Waals surface area contributed by atoms with E-state index in [1.165, 1.54) is 12.1 Å². The number of hydrogen-bond donors (Lipinski definition) is 3. The fraction of sp³-hybridized carbons (Fsp3) is 0.357. The molecule has 0 aliphatic carbocycles. The van der Waals surface area contributed by atoms with Gasteiger partial charge in [0.25, 0.3) is 0 Å². The Bertz CT molecular complexity index is 607. The molecule has 1 heterocycles. The van der Waals surface area contributed by atoms with Crippen LogP contribution in [0.25, 0.3) is 10.9 Å². The molecule has 0 fully saturated rings. The highest BCUT2D eigenvalue weighted by molar-refractivity contribution is 5.90. The molecular weight excluding hydrogens is 247 g/mol. The minimum absolute atomic E-state index is 0.104. The quantitative estimate of drug-likeness (QED) is 0.786. The summed E-state index contributed by atoms with van der Waals surface area (Å²) in [5.74, 6) is -0.508. The van der Waals surface area contributed by atoms with Gasteiger partial charge in [-0.05, 0) is 37.6 Å². The van der Waals surface area contributed by atoms with Gasteiger partial charge in [0.1, 0.15) is 5.82 Å². The average Bonchev–Trinajstić information content (AvgIpc) is 2.66. The number of aromatic amines is 1. The van der Waals surface area contributed by atoms with Crippen molar-refractivity contribution in [3.05, 3.63) is 35.3 Å². The van der Waals surface area contributed by atoms with Crippen molar-refractivity contribution < 1.29 is 14.3 Å². The van der Waals surface area contributed by atoms with Gasteiger partial charge < -0.3 is 15.4 Å². The number of carbonyl (C=O) groups is 1. The molecule has 0 saturated heterocycles. The molecule has 1 aromatic carbocycles. The van der Waals surface area contributed by atoms with Crippen molar-refractivity contribution in [1.29, 1.82) is 0 Å².